The van der Waals surface area contributed by atoms with E-state index in [2.05, 4.69) is 5.16 Å². The van der Waals surface area contributed by atoms with Gasteiger partial charge in [0.25, 0.3) is 5.91 Å². The number of hydrogen-bond donors (Lipinski definition) is 1. The summed E-state index contributed by atoms with van der Waals surface area (Å²) < 4.78 is 5.21. The number of nitrogens with zero attached hydrogens (tertiary/aromatic N) is 2. The van der Waals surface area contributed by atoms with Gasteiger partial charge >= 0.3 is 5.97 Å². The van der Waals surface area contributed by atoms with Crippen LogP contribution >= 0.6 is 11.6 Å². The zero-order chi connectivity index (χ0) is 17.0. The predicted octanol–water partition coefficient (Wildman–Crippen LogP) is 3.32. The van der Waals surface area contributed by atoms with E-state index in [1.807, 2.05) is 13.8 Å². The van der Waals surface area contributed by atoms with Crippen molar-refractivity contribution in [2.75, 3.05) is 6.54 Å². The molecule has 1 amide bonds. The van der Waals surface area contributed by atoms with E-state index >= 15 is 0 Å². The van der Waals surface area contributed by atoms with Crippen LogP contribution in [0.1, 0.15) is 30.8 Å². The number of benzene rings is 1. The first-order valence-corrected chi connectivity index (χ1v) is 7.51. The van der Waals surface area contributed by atoms with Gasteiger partial charge in [0, 0.05) is 29.2 Å². The normalized spacial score (nSPS) is 10.8. The molecule has 1 heterocycles. The number of hydrogen-bond acceptors (Lipinski definition) is 4. The molecule has 0 aliphatic rings. The van der Waals surface area contributed by atoms with Gasteiger partial charge in [0.2, 0.25) is 0 Å². The lowest BCUT2D eigenvalue weighted by atomic mass is 10.1. The summed E-state index contributed by atoms with van der Waals surface area (Å²) in [5.74, 6) is -0.890. The maximum atomic E-state index is 12.5. The predicted molar refractivity (Wildman–Crippen MR) is 85.4 cm³/mol. The number of carboxylic acids is 1. The Balaban J connectivity index is 2.20. The molecule has 23 heavy (non-hydrogen) atoms. The lowest BCUT2D eigenvalue weighted by molar-refractivity contribution is -0.137. The van der Waals surface area contributed by atoms with Gasteiger partial charge in [-0.15, -0.1) is 0 Å². The molecule has 1 N–H and O–H groups in total. The lowest BCUT2D eigenvalue weighted by Crippen LogP contribution is -2.38. The Kier molecular flexibility index (Phi) is 5.39. The molecular formula is C16H17ClN2O4. The fraction of sp³-hybridized carbons (Fsp3) is 0.312. The Morgan fingerprint density at radius 2 is 2.09 bits per heavy atom. The molecule has 0 bridgehead atoms. The Morgan fingerprint density at radius 1 is 1.35 bits per heavy atom. The van der Waals surface area contributed by atoms with Crippen LogP contribution in [0, 0.1) is 0 Å². The largest absolute Gasteiger partial charge is 0.481 e. The van der Waals surface area contributed by atoms with Crippen molar-refractivity contribution in [1.82, 2.24) is 10.1 Å². The number of aromatic nitrogens is 1. The van der Waals surface area contributed by atoms with Gasteiger partial charge in [-0.2, -0.15) is 0 Å². The Morgan fingerprint density at radius 3 is 2.70 bits per heavy atom. The molecule has 2 rings (SSSR count). The number of aliphatic carboxylic acids is 1. The minimum atomic E-state index is -0.955. The molecule has 0 fully saturated rings. The maximum absolute atomic E-state index is 12.5. The van der Waals surface area contributed by atoms with Gasteiger partial charge in [-0.3, -0.25) is 9.59 Å². The summed E-state index contributed by atoms with van der Waals surface area (Å²) in [6.07, 6.45) is -0.122. The maximum Gasteiger partial charge on any atom is 0.305 e. The number of carbonyl (C=O) groups excluding carboxylic acids is 1. The minimum Gasteiger partial charge on any atom is -0.481 e. The molecule has 1 aromatic heterocycles. The average Bonchev–Trinajstić information content (AvgIpc) is 2.96. The van der Waals surface area contributed by atoms with Gasteiger partial charge in [0.05, 0.1) is 6.42 Å². The van der Waals surface area contributed by atoms with Crippen molar-refractivity contribution in [3.63, 3.8) is 0 Å². The number of amides is 1. The summed E-state index contributed by atoms with van der Waals surface area (Å²) >= 11 is 5.93. The van der Waals surface area contributed by atoms with E-state index in [1.165, 1.54) is 11.0 Å². The third kappa shape index (κ3) is 4.32. The lowest BCUT2D eigenvalue weighted by Gasteiger charge is -2.24. The van der Waals surface area contributed by atoms with Gasteiger partial charge in [0.15, 0.2) is 11.5 Å². The smallest absolute Gasteiger partial charge is 0.305 e. The van der Waals surface area contributed by atoms with Gasteiger partial charge in [0.1, 0.15) is 0 Å². The number of carboxylic acid groups (broad SMARTS) is 1. The molecule has 1 aromatic carbocycles. The highest BCUT2D eigenvalue weighted by Crippen LogP contribution is 2.24. The Bertz CT molecular complexity index is 712. The highest BCUT2D eigenvalue weighted by atomic mass is 35.5. The highest BCUT2D eigenvalue weighted by molar-refractivity contribution is 6.30. The summed E-state index contributed by atoms with van der Waals surface area (Å²) in [4.78, 5) is 24.7. The van der Waals surface area contributed by atoms with Crippen LogP contribution in [-0.2, 0) is 4.79 Å². The van der Waals surface area contributed by atoms with Gasteiger partial charge in [-0.25, -0.2) is 0 Å². The first-order chi connectivity index (χ1) is 10.9. The Labute approximate surface area is 138 Å². The molecule has 7 heteroatoms. The number of carbonyl (C=O) groups is 2. The summed E-state index contributed by atoms with van der Waals surface area (Å²) in [6, 6.07) is 8.40. The van der Waals surface area contributed by atoms with Crippen molar-refractivity contribution < 1.29 is 19.2 Å². The van der Waals surface area contributed by atoms with Crippen LogP contribution in [0.25, 0.3) is 11.3 Å². The third-order valence-corrected chi connectivity index (χ3v) is 3.52. The number of halogens is 1. The molecular weight excluding hydrogens is 320 g/mol. The fourth-order valence-corrected chi connectivity index (χ4v) is 2.30. The van der Waals surface area contributed by atoms with Crippen molar-refractivity contribution in [2.45, 2.75) is 26.3 Å². The zero-order valence-corrected chi connectivity index (χ0v) is 13.6. The van der Waals surface area contributed by atoms with E-state index in [0.717, 1.165) is 0 Å². The standard InChI is InChI=1S/C16H17ClN2O4/c1-10(2)19(7-6-15(20)21)16(22)13-9-14(23-18-13)11-4-3-5-12(17)8-11/h3-5,8-10H,6-7H2,1-2H3,(H,20,21). The van der Waals surface area contributed by atoms with Crippen molar-refractivity contribution in [1.29, 1.82) is 0 Å². The second-order valence-electron chi connectivity index (χ2n) is 5.32. The van der Waals surface area contributed by atoms with Crippen LogP contribution in [0.5, 0.6) is 0 Å². The van der Waals surface area contributed by atoms with Crippen molar-refractivity contribution in [3.05, 3.63) is 41.0 Å². The topological polar surface area (TPSA) is 83.6 Å². The van der Waals surface area contributed by atoms with Gasteiger partial charge in [-0.05, 0) is 26.0 Å². The molecule has 0 spiro atoms. The molecule has 6 nitrogen and oxygen atoms in total. The molecule has 0 radical (unpaired) electrons. The molecule has 0 aliphatic carbocycles. The van der Waals surface area contributed by atoms with Crippen LogP contribution in [0.15, 0.2) is 34.9 Å². The molecule has 2 aromatic rings. The monoisotopic (exact) mass is 336 g/mol. The molecule has 0 unspecified atom stereocenters. The SMILES string of the molecule is CC(C)N(CCC(=O)O)C(=O)c1cc(-c2cccc(Cl)c2)on1. The second-order valence-corrected chi connectivity index (χ2v) is 5.76. The van der Waals surface area contributed by atoms with Gasteiger partial charge in [-0.1, -0.05) is 28.9 Å². The first-order valence-electron chi connectivity index (χ1n) is 7.14. The van der Waals surface area contributed by atoms with Gasteiger partial charge < -0.3 is 14.5 Å². The van der Waals surface area contributed by atoms with Crippen LogP contribution in [0.3, 0.4) is 0 Å². The quantitative estimate of drug-likeness (QED) is 0.874. The van der Waals surface area contributed by atoms with E-state index in [0.29, 0.717) is 16.3 Å². The average molecular weight is 337 g/mol. The fourth-order valence-electron chi connectivity index (χ4n) is 2.11. The summed E-state index contributed by atoms with van der Waals surface area (Å²) in [6.45, 7) is 3.75. The molecule has 0 saturated heterocycles. The van der Waals surface area contributed by atoms with Crippen molar-refractivity contribution in [3.8, 4) is 11.3 Å². The van der Waals surface area contributed by atoms with E-state index in [4.69, 9.17) is 21.2 Å². The van der Waals surface area contributed by atoms with Crippen molar-refractivity contribution in [2.24, 2.45) is 0 Å². The first kappa shape index (κ1) is 17.0. The Hall–Kier alpha value is -2.34. The van der Waals surface area contributed by atoms with Crippen LogP contribution < -0.4 is 0 Å². The van der Waals surface area contributed by atoms with E-state index in [1.54, 1.807) is 24.3 Å². The number of rotatable bonds is 6. The van der Waals surface area contributed by atoms with E-state index in [9.17, 15) is 9.59 Å². The second kappa shape index (κ2) is 7.28. The van der Waals surface area contributed by atoms with Crippen LogP contribution in [-0.4, -0.2) is 39.6 Å². The zero-order valence-electron chi connectivity index (χ0n) is 12.8. The van der Waals surface area contributed by atoms with E-state index in [-0.39, 0.29) is 30.6 Å². The van der Waals surface area contributed by atoms with Crippen LogP contribution in [0.2, 0.25) is 5.02 Å². The molecule has 122 valence electrons. The molecule has 0 saturated carbocycles. The van der Waals surface area contributed by atoms with Crippen molar-refractivity contribution >= 4 is 23.5 Å². The summed E-state index contributed by atoms with van der Waals surface area (Å²) in [7, 11) is 0. The highest BCUT2D eigenvalue weighted by Gasteiger charge is 2.23. The third-order valence-electron chi connectivity index (χ3n) is 3.29. The summed E-state index contributed by atoms with van der Waals surface area (Å²) in [5, 5.41) is 13.1. The molecule has 0 aliphatic heterocycles. The summed E-state index contributed by atoms with van der Waals surface area (Å²) in [5.41, 5.74) is 0.852. The molecule has 0 atom stereocenters. The van der Waals surface area contributed by atoms with E-state index < -0.39 is 5.97 Å². The minimum absolute atomic E-state index is 0.116. The van der Waals surface area contributed by atoms with Crippen LogP contribution in [0.4, 0.5) is 0 Å².